The number of aliphatic hydroxyl groups excluding tert-OH is 1. The predicted octanol–water partition coefficient (Wildman–Crippen LogP) is 2.59. The van der Waals surface area contributed by atoms with E-state index >= 15 is 0 Å². The van der Waals surface area contributed by atoms with E-state index in [1.807, 2.05) is 12.1 Å². The Labute approximate surface area is 77.6 Å². The van der Waals surface area contributed by atoms with Gasteiger partial charge in [0.25, 0.3) is 0 Å². The van der Waals surface area contributed by atoms with E-state index in [-0.39, 0.29) is 5.05 Å². The van der Waals surface area contributed by atoms with Gasteiger partial charge in [-0.3, -0.25) is 0 Å². The maximum Gasteiger partial charge on any atom is 0.205 e. The Morgan fingerprint density at radius 2 is 2.33 bits per heavy atom. The van der Waals surface area contributed by atoms with Crippen LogP contribution < -0.4 is 0 Å². The van der Waals surface area contributed by atoms with Crippen molar-refractivity contribution in [2.45, 2.75) is 26.2 Å². The molecule has 0 amide bonds. The normalized spacial score (nSPS) is 10.1. The minimum Gasteiger partial charge on any atom is -0.497 e. The molecule has 3 heteroatoms. The van der Waals surface area contributed by atoms with E-state index in [0.29, 0.717) is 5.69 Å². The highest BCUT2D eigenvalue weighted by atomic mass is 32.1. The first-order valence-corrected chi connectivity index (χ1v) is 4.56. The number of H-pyrrole nitrogens is 1. The zero-order valence-corrected chi connectivity index (χ0v) is 7.95. The second kappa shape index (κ2) is 4.26. The molecule has 0 unspecified atom stereocenters. The van der Waals surface area contributed by atoms with Crippen molar-refractivity contribution in [3.05, 3.63) is 23.5 Å². The van der Waals surface area contributed by atoms with E-state index in [1.165, 1.54) is 6.42 Å². The van der Waals surface area contributed by atoms with Crippen molar-refractivity contribution in [3.8, 4) is 0 Å². The molecule has 1 aromatic heterocycles. The largest absolute Gasteiger partial charge is 0.497 e. The van der Waals surface area contributed by atoms with Crippen LogP contribution >= 0.6 is 12.2 Å². The average molecular weight is 183 g/mol. The van der Waals surface area contributed by atoms with Crippen LogP contribution in [0.3, 0.4) is 0 Å². The van der Waals surface area contributed by atoms with Gasteiger partial charge in [0, 0.05) is 5.69 Å². The Balaban J connectivity index is 2.58. The molecule has 0 bridgehead atoms. The van der Waals surface area contributed by atoms with Gasteiger partial charge in [0.05, 0.1) is 5.69 Å². The highest BCUT2D eigenvalue weighted by Gasteiger charge is 2.00. The lowest BCUT2D eigenvalue weighted by molar-refractivity contribution is 0.568. The van der Waals surface area contributed by atoms with E-state index in [9.17, 15) is 0 Å². The first kappa shape index (κ1) is 9.26. The quantitative estimate of drug-likeness (QED) is 0.704. The first-order valence-electron chi connectivity index (χ1n) is 4.15. The fourth-order valence-electron chi connectivity index (χ4n) is 1.08. The second-order valence-corrected chi connectivity index (χ2v) is 3.19. The van der Waals surface area contributed by atoms with Gasteiger partial charge in [-0.2, -0.15) is 0 Å². The fraction of sp³-hybridized carbons (Fsp3) is 0.444. The molecule has 0 saturated heterocycles. The van der Waals surface area contributed by atoms with Crippen LogP contribution in [0.2, 0.25) is 0 Å². The number of thiocarbonyl (C=S) groups is 1. The van der Waals surface area contributed by atoms with Crippen LogP contribution in [0, 0.1) is 0 Å². The van der Waals surface area contributed by atoms with Crippen LogP contribution in [0.25, 0.3) is 0 Å². The fourth-order valence-corrected chi connectivity index (χ4v) is 1.20. The third-order valence-corrected chi connectivity index (χ3v) is 2.00. The van der Waals surface area contributed by atoms with Crippen molar-refractivity contribution in [2.75, 3.05) is 0 Å². The lowest BCUT2D eigenvalue weighted by Gasteiger charge is -1.94. The summed E-state index contributed by atoms with van der Waals surface area (Å²) >= 11 is 4.61. The second-order valence-electron chi connectivity index (χ2n) is 2.81. The van der Waals surface area contributed by atoms with Gasteiger partial charge in [0.1, 0.15) is 0 Å². The van der Waals surface area contributed by atoms with Gasteiger partial charge in [-0.1, -0.05) is 13.3 Å². The van der Waals surface area contributed by atoms with Crippen molar-refractivity contribution in [2.24, 2.45) is 0 Å². The maximum absolute atomic E-state index is 8.96. The summed E-state index contributed by atoms with van der Waals surface area (Å²) in [5.74, 6) is 0. The van der Waals surface area contributed by atoms with Crippen molar-refractivity contribution >= 4 is 17.3 Å². The Morgan fingerprint density at radius 3 is 2.83 bits per heavy atom. The number of aromatic amines is 1. The highest BCUT2D eigenvalue weighted by Crippen LogP contribution is 2.06. The molecule has 0 saturated carbocycles. The Bertz CT molecular complexity index is 267. The standard InChI is InChI=1S/C9H13NOS/c1-2-3-4-7-5-6-8(10-7)9(11)12/h5-6,10H,2-4H2,1H3,(H,11,12). The van der Waals surface area contributed by atoms with Gasteiger partial charge in [0.2, 0.25) is 5.05 Å². The number of hydrogen-bond donors (Lipinski definition) is 2. The summed E-state index contributed by atoms with van der Waals surface area (Å²) < 4.78 is 0. The molecule has 0 aliphatic carbocycles. The van der Waals surface area contributed by atoms with Gasteiger partial charge in [0.15, 0.2) is 0 Å². The maximum atomic E-state index is 8.96. The number of unbranched alkanes of at least 4 members (excludes halogenated alkanes) is 1. The van der Waals surface area contributed by atoms with Crippen LogP contribution in [-0.4, -0.2) is 15.1 Å². The molecule has 0 aromatic carbocycles. The van der Waals surface area contributed by atoms with Crippen LogP contribution in [0.1, 0.15) is 31.2 Å². The monoisotopic (exact) mass is 183 g/mol. The molecule has 1 heterocycles. The van der Waals surface area contributed by atoms with E-state index in [4.69, 9.17) is 5.11 Å². The third-order valence-electron chi connectivity index (χ3n) is 1.78. The van der Waals surface area contributed by atoms with Crippen molar-refractivity contribution < 1.29 is 5.11 Å². The Morgan fingerprint density at radius 1 is 1.58 bits per heavy atom. The number of aromatic nitrogens is 1. The van der Waals surface area contributed by atoms with Crippen LogP contribution in [0.5, 0.6) is 0 Å². The number of aryl methyl sites for hydroxylation is 1. The van der Waals surface area contributed by atoms with E-state index < -0.39 is 0 Å². The molecule has 66 valence electrons. The van der Waals surface area contributed by atoms with Crippen molar-refractivity contribution in [3.63, 3.8) is 0 Å². The van der Waals surface area contributed by atoms with Gasteiger partial charge in [-0.25, -0.2) is 0 Å². The summed E-state index contributed by atoms with van der Waals surface area (Å²) in [6, 6.07) is 3.78. The third kappa shape index (κ3) is 2.34. The summed E-state index contributed by atoms with van der Waals surface area (Å²) in [6.07, 6.45) is 3.37. The van der Waals surface area contributed by atoms with Gasteiger partial charge in [-0.05, 0) is 37.2 Å². The number of hydrogen-bond acceptors (Lipinski definition) is 1. The van der Waals surface area contributed by atoms with E-state index in [2.05, 4.69) is 24.1 Å². The smallest absolute Gasteiger partial charge is 0.205 e. The summed E-state index contributed by atoms with van der Waals surface area (Å²) in [5.41, 5.74) is 1.79. The molecule has 0 spiro atoms. The molecule has 0 fully saturated rings. The molecule has 1 rings (SSSR count). The highest BCUT2D eigenvalue weighted by molar-refractivity contribution is 7.80. The lowest BCUT2D eigenvalue weighted by atomic mass is 10.2. The topological polar surface area (TPSA) is 36.0 Å². The SMILES string of the molecule is CCCCc1ccc(C(O)=S)[nH]1. The Hall–Kier alpha value is -0.830. The van der Waals surface area contributed by atoms with Gasteiger partial charge >= 0.3 is 0 Å². The van der Waals surface area contributed by atoms with Gasteiger partial charge < -0.3 is 10.1 Å². The molecular weight excluding hydrogens is 170 g/mol. The molecule has 12 heavy (non-hydrogen) atoms. The zero-order chi connectivity index (χ0) is 8.97. The molecular formula is C9H13NOS. The molecule has 2 N–H and O–H groups in total. The van der Waals surface area contributed by atoms with Gasteiger partial charge in [-0.15, -0.1) is 0 Å². The van der Waals surface area contributed by atoms with E-state index in [1.54, 1.807) is 0 Å². The number of aliphatic hydroxyl groups is 1. The summed E-state index contributed by atoms with van der Waals surface area (Å²) in [7, 11) is 0. The number of rotatable bonds is 4. The minimum atomic E-state index is -0.0576. The molecule has 2 nitrogen and oxygen atoms in total. The molecule has 0 atom stereocenters. The first-order chi connectivity index (χ1) is 5.74. The minimum absolute atomic E-state index is 0.0576. The van der Waals surface area contributed by atoms with Crippen LogP contribution in [-0.2, 0) is 6.42 Å². The average Bonchev–Trinajstić information content (AvgIpc) is 2.48. The van der Waals surface area contributed by atoms with Crippen molar-refractivity contribution in [1.82, 2.24) is 4.98 Å². The molecule has 0 radical (unpaired) electrons. The Kier molecular flexibility index (Phi) is 3.29. The molecule has 0 aliphatic rings. The predicted molar refractivity (Wildman–Crippen MR) is 53.7 cm³/mol. The molecule has 1 aromatic rings. The summed E-state index contributed by atoms with van der Waals surface area (Å²) in [4.78, 5) is 3.06. The van der Waals surface area contributed by atoms with E-state index in [0.717, 1.165) is 18.5 Å². The lowest BCUT2D eigenvalue weighted by Crippen LogP contribution is -1.94. The summed E-state index contributed by atoms with van der Waals surface area (Å²) in [5, 5.41) is 8.91. The van der Waals surface area contributed by atoms with Crippen molar-refractivity contribution in [1.29, 1.82) is 0 Å². The van der Waals surface area contributed by atoms with Crippen LogP contribution in [0.15, 0.2) is 12.1 Å². The number of nitrogens with one attached hydrogen (secondary N) is 1. The molecule has 0 aliphatic heterocycles. The summed E-state index contributed by atoms with van der Waals surface area (Å²) in [6.45, 7) is 2.15. The zero-order valence-electron chi connectivity index (χ0n) is 7.13. The van der Waals surface area contributed by atoms with Crippen LogP contribution in [0.4, 0.5) is 0 Å².